The van der Waals surface area contributed by atoms with Crippen molar-refractivity contribution in [1.82, 2.24) is 9.88 Å². The largest absolute Gasteiger partial charge is 0.487 e. The number of alkyl halides is 3. The first-order valence-electron chi connectivity index (χ1n) is 7.07. The van der Waals surface area contributed by atoms with Gasteiger partial charge in [-0.15, -0.1) is 0 Å². The summed E-state index contributed by atoms with van der Waals surface area (Å²) in [4.78, 5) is 8.42. The summed E-state index contributed by atoms with van der Waals surface area (Å²) < 4.78 is 43.7. The quantitative estimate of drug-likeness (QED) is 0.796. The highest BCUT2D eigenvalue weighted by Gasteiger charge is 2.37. The molecule has 3 rings (SSSR count). The highest BCUT2D eigenvalue weighted by atomic mass is 19.4. The molecule has 116 valence electrons. The second-order valence-corrected chi connectivity index (χ2v) is 5.79. The Morgan fingerprint density at radius 3 is 2.76 bits per heavy atom. The van der Waals surface area contributed by atoms with Crippen LogP contribution >= 0.6 is 0 Å². The Labute approximate surface area is 121 Å². The van der Waals surface area contributed by atoms with Crippen LogP contribution in [-0.4, -0.2) is 48.2 Å². The molecule has 1 saturated heterocycles. The van der Waals surface area contributed by atoms with Crippen molar-refractivity contribution >= 4 is 5.82 Å². The van der Waals surface area contributed by atoms with Crippen LogP contribution in [0.1, 0.15) is 19.4 Å². The lowest BCUT2D eigenvalue weighted by atomic mass is 10.1. The van der Waals surface area contributed by atoms with Gasteiger partial charge in [-0.2, -0.15) is 13.2 Å². The number of rotatable bonds is 1. The third-order valence-electron chi connectivity index (χ3n) is 4.11. The summed E-state index contributed by atoms with van der Waals surface area (Å²) in [5.41, 5.74) is -0.763. The third-order valence-corrected chi connectivity index (χ3v) is 4.11. The number of ether oxygens (including phenoxy) is 1. The second-order valence-electron chi connectivity index (χ2n) is 5.79. The van der Waals surface area contributed by atoms with Crippen LogP contribution < -0.4 is 9.64 Å². The van der Waals surface area contributed by atoms with Gasteiger partial charge in [-0.05, 0) is 19.9 Å². The van der Waals surface area contributed by atoms with Gasteiger partial charge in [-0.25, -0.2) is 4.98 Å². The first-order chi connectivity index (χ1) is 9.86. The molecule has 3 heterocycles. The van der Waals surface area contributed by atoms with Gasteiger partial charge in [0.05, 0.1) is 11.6 Å². The van der Waals surface area contributed by atoms with Crippen LogP contribution in [0, 0.1) is 0 Å². The van der Waals surface area contributed by atoms with Crippen LogP contribution in [0.25, 0.3) is 0 Å². The first-order valence-corrected chi connectivity index (χ1v) is 7.07. The van der Waals surface area contributed by atoms with E-state index in [1.54, 1.807) is 0 Å². The Balaban J connectivity index is 1.85. The molecule has 1 atom stereocenters. The van der Waals surface area contributed by atoms with Crippen molar-refractivity contribution in [3.8, 4) is 5.75 Å². The Morgan fingerprint density at radius 2 is 2.10 bits per heavy atom. The lowest BCUT2D eigenvalue weighted by Crippen LogP contribution is -2.58. The first kappa shape index (κ1) is 14.4. The van der Waals surface area contributed by atoms with Crippen molar-refractivity contribution in [1.29, 1.82) is 0 Å². The van der Waals surface area contributed by atoms with Gasteiger partial charge in [0.2, 0.25) is 0 Å². The van der Waals surface area contributed by atoms with Crippen molar-refractivity contribution in [3.05, 3.63) is 17.8 Å². The van der Waals surface area contributed by atoms with E-state index in [1.807, 2.05) is 0 Å². The van der Waals surface area contributed by atoms with Crippen LogP contribution in [0.3, 0.4) is 0 Å². The molecule has 0 aromatic carbocycles. The van der Waals surface area contributed by atoms with Crippen molar-refractivity contribution < 1.29 is 17.9 Å². The fourth-order valence-corrected chi connectivity index (χ4v) is 2.87. The van der Waals surface area contributed by atoms with Crippen LogP contribution in [0.15, 0.2) is 12.3 Å². The molecule has 0 spiro atoms. The number of fused-ring (bicyclic) bond motifs is 3. The molecular weight excluding hydrogens is 283 g/mol. The van der Waals surface area contributed by atoms with E-state index in [-0.39, 0.29) is 11.8 Å². The molecule has 1 aromatic heterocycles. The Bertz CT molecular complexity index is 533. The molecule has 0 unspecified atom stereocenters. The monoisotopic (exact) mass is 301 g/mol. The van der Waals surface area contributed by atoms with E-state index in [4.69, 9.17) is 4.74 Å². The summed E-state index contributed by atoms with van der Waals surface area (Å²) in [5, 5.41) is 0. The van der Waals surface area contributed by atoms with E-state index in [9.17, 15) is 13.2 Å². The SMILES string of the molecule is CC(C)N1CCN2c3ncc(C(F)(F)F)cc3OC[C@H]2C1. The molecule has 2 aliphatic rings. The molecule has 0 bridgehead atoms. The van der Waals surface area contributed by atoms with E-state index in [0.29, 0.717) is 18.5 Å². The van der Waals surface area contributed by atoms with Gasteiger partial charge in [-0.3, -0.25) is 4.90 Å². The number of aromatic nitrogens is 1. The number of anilines is 1. The normalized spacial score (nSPS) is 22.8. The maximum absolute atomic E-state index is 12.7. The van der Waals surface area contributed by atoms with Gasteiger partial charge in [-0.1, -0.05) is 0 Å². The summed E-state index contributed by atoms with van der Waals surface area (Å²) in [6.07, 6.45) is -3.50. The zero-order valence-corrected chi connectivity index (χ0v) is 12.0. The molecule has 1 fully saturated rings. The fourth-order valence-electron chi connectivity index (χ4n) is 2.87. The lowest BCUT2D eigenvalue weighted by Gasteiger charge is -2.46. The predicted octanol–water partition coefficient (Wildman–Crippen LogP) is 2.39. The summed E-state index contributed by atoms with van der Waals surface area (Å²) >= 11 is 0. The molecule has 0 N–H and O–H groups in total. The molecule has 0 amide bonds. The number of halogens is 3. The summed E-state index contributed by atoms with van der Waals surface area (Å²) in [6, 6.07) is 1.65. The molecule has 0 saturated carbocycles. The maximum Gasteiger partial charge on any atom is 0.418 e. The van der Waals surface area contributed by atoms with Crippen LogP contribution in [0.5, 0.6) is 5.75 Å². The molecule has 2 aliphatic heterocycles. The summed E-state index contributed by atoms with van der Waals surface area (Å²) in [7, 11) is 0. The molecule has 4 nitrogen and oxygen atoms in total. The van der Waals surface area contributed by atoms with E-state index in [1.165, 1.54) is 0 Å². The van der Waals surface area contributed by atoms with Crippen LogP contribution in [0.4, 0.5) is 19.0 Å². The van der Waals surface area contributed by atoms with Crippen molar-refractivity contribution in [2.75, 3.05) is 31.1 Å². The average molecular weight is 301 g/mol. The average Bonchev–Trinajstić information content (AvgIpc) is 2.44. The van der Waals surface area contributed by atoms with Crippen LogP contribution in [-0.2, 0) is 6.18 Å². The van der Waals surface area contributed by atoms with Gasteiger partial charge in [0, 0.05) is 31.9 Å². The molecule has 7 heteroatoms. The van der Waals surface area contributed by atoms with Crippen LogP contribution in [0.2, 0.25) is 0 Å². The summed E-state index contributed by atoms with van der Waals surface area (Å²) in [6.45, 7) is 7.18. The number of pyridine rings is 1. The Hall–Kier alpha value is -1.50. The highest BCUT2D eigenvalue weighted by molar-refractivity contribution is 5.56. The van der Waals surface area contributed by atoms with Crippen molar-refractivity contribution in [2.45, 2.75) is 32.1 Å². The topological polar surface area (TPSA) is 28.6 Å². The van der Waals surface area contributed by atoms with Crippen molar-refractivity contribution in [2.24, 2.45) is 0 Å². The Morgan fingerprint density at radius 1 is 1.33 bits per heavy atom. The maximum atomic E-state index is 12.7. The van der Waals surface area contributed by atoms with E-state index < -0.39 is 11.7 Å². The second kappa shape index (κ2) is 5.05. The van der Waals surface area contributed by atoms with Gasteiger partial charge < -0.3 is 9.64 Å². The number of nitrogens with zero attached hydrogens (tertiary/aromatic N) is 3. The number of piperazine rings is 1. The third kappa shape index (κ3) is 2.66. The van der Waals surface area contributed by atoms with Gasteiger partial charge in [0.15, 0.2) is 11.6 Å². The summed E-state index contributed by atoms with van der Waals surface area (Å²) in [5.74, 6) is 0.765. The minimum atomic E-state index is -4.39. The van der Waals surface area contributed by atoms with Gasteiger partial charge >= 0.3 is 6.18 Å². The number of hydrogen-bond acceptors (Lipinski definition) is 4. The highest BCUT2D eigenvalue weighted by Crippen LogP contribution is 2.38. The Kier molecular flexibility index (Phi) is 3.47. The standard InChI is InChI=1S/C14H18F3N3O/c1-9(2)19-3-4-20-11(7-19)8-21-12-5-10(14(15,16)17)6-18-13(12)20/h5-6,9,11H,3-4,7-8H2,1-2H3/t11-/m1/s1. The van der Waals surface area contributed by atoms with E-state index in [0.717, 1.165) is 31.9 Å². The van der Waals surface area contributed by atoms with E-state index >= 15 is 0 Å². The molecular formula is C14H18F3N3O. The molecule has 21 heavy (non-hydrogen) atoms. The zero-order chi connectivity index (χ0) is 15.2. The molecule has 1 aromatic rings. The van der Waals surface area contributed by atoms with Gasteiger partial charge in [0.1, 0.15) is 6.61 Å². The van der Waals surface area contributed by atoms with Gasteiger partial charge in [0.25, 0.3) is 0 Å². The lowest BCUT2D eigenvalue weighted by molar-refractivity contribution is -0.138. The fraction of sp³-hybridized carbons (Fsp3) is 0.643. The smallest absolute Gasteiger partial charge is 0.418 e. The van der Waals surface area contributed by atoms with Crippen molar-refractivity contribution in [3.63, 3.8) is 0 Å². The minimum Gasteiger partial charge on any atom is -0.487 e. The predicted molar refractivity (Wildman–Crippen MR) is 72.6 cm³/mol. The molecule has 0 radical (unpaired) electrons. The minimum absolute atomic E-state index is 0.151. The molecule has 0 aliphatic carbocycles. The number of hydrogen-bond donors (Lipinski definition) is 0. The van der Waals surface area contributed by atoms with E-state index in [2.05, 4.69) is 28.6 Å². The zero-order valence-electron chi connectivity index (χ0n) is 12.0.